The van der Waals surface area contributed by atoms with Gasteiger partial charge in [0, 0.05) is 54.7 Å². The van der Waals surface area contributed by atoms with Crippen molar-refractivity contribution in [3.8, 4) is 50.7 Å². The maximum absolute atomic E-state index is 6.34. The minimum atomic E-state index is 0.661. The third-order valence-corrected chi connectivity index (χ3v) is 11.2. The van der Waals surface area contributed by atoms with E-state index in [0.29, 0.717) is 5.82 Å². The molecule has 0 atom stereocenters. The van der Waals surface area contributed by atoms with Gasteiger partial charge in [-0.3, -0.25) is 0 Å². The van der Waals surface area contributed by atoms with Gasteiger partial charge in [-0.15, -0.1) is 0 Å². The van der Waals surface area contributed by atoms with E-state index >= 15 is 0 Å². The molecule has 4 aromatic heterocycles. The number of hydrogen-bond donors (Lipinski definition) is 0. The zero-order chi connectivity index (χ0) is 37.5. The van der Waals surface area contributed by atoms with Gasteiger partial charge in [0.2, 0.25) is 0 Å². The fraction of sp³-hybridized carbons (Fsp3) is 0. The van der Waals surface area contributed by atoms with E-state index in [4.69, 9.17) is 18.8 Å². The van der Waals surface area contributed by atoms with Crippen LogP contribution in [-0.4, -0.2) is 14.5 Å². The SMILES string of the molecule is c1ccc(-c2cccc(-c3nc(-c4cccc(-n5c6ccccc6c6c7c(ccc65)oc5ccccc57)c4)cc(-c4ccc5oc6ccccc6c5c4)n3)c2)cc1. The van der Waals surface area contributed by atoms with Crippen LogP contribution in [0.3, 0.4) is 0 Å². The van der Waals surface area contributed by atoms with E-state index < -0.39 is 0 Å². The number of benzene rings is 8. The summed E-state index contributed by atoms with van der Waals surface area (Å²) < 4.78 is 14.9. The van der Waals surface area contributed by atoms with Gasteiger partial charge < -0.3 is 13.4 Å². The first kappa shape index (κ1) is 31.6. The highest BCUT2D eigenvalue weighted by Gasteiger charge is 2.20. The van der Waals surface area contributed by atoms with Crippen LogP contribution in [0, 0.1) is 0 Å². The monoisotopic (exact) mass is 729 g/mol. The Bertz CT molecular complexity index is 3540. The van der Waals surface area contributed by atoms with E-state index in [1.165, 1.54) is 10.8 Å². The zero-order valence-electron chi connectivity index (χ0n) is 30.6. The molecular formula is C52H31N3O2. The van der Waals surface area contributed by atoms with Crippen molar-refractivity contribution in [2.45, 2.75) is 0 Å². The second kappa shape index (κ2) is 12.4. The lowest BCUT2D eigenvalue weighted by atomic mass is 10.0. The average Bonchev–Trinajstić information content (AvgIpc) is 3.96. The number of furan rings is 2. The Morgan fingerprint density at radius 3 is 1.81 bits per heavy atom. The molecule has 0 N–H and O–H groups in total. The summed E-state index contributed by atoms with van der Waals surface area (Å²) in [5.41, 5.74) is 13.7. The lowest BCUT2D eigenvalue weighted by Gasteiger charge is -2.13. The van der Waals surface area contributed by atoms with Crippen LogP contribution >= 0.6 is 0 Å². The van der Waals surface area contributed by atoms with Crippen molar-refractivity contribution in [2.24, 2.45) is 0 Å². The maximum Gasteiger partial charge on any atom is 0.160 e. The summed E-state index contributed by atoms with van der Waals surface area (Å²) in [6.45, 7) is 0. The van der Waals surface area contributed by atoms with Crippen molar-refractivity contribution in [2.75, 3.05) is 0 Å². The maximum atomic E-state index is 6.34. The highest BCUT2D eigenvalue weighted by atomic mass is 16.3. The molecule has 5 nitrogen and oxygen atoms in total. The summed E-state index contributed by atoms with van der Waals surface area (Å²) in [6.07, 6.45) is 0. The molecule has 0 radical (unpaired) electrons. The first-order valence-corrected chi connectivity index (χ1v) is 19.1. The fourth-order valence-corrected chi connectivity index (χ4v) is 8.58. The van der Waals surface area contributed by atoms with Crippen molar-refractivity contribution in [3.63, 3.8) is 0 Å². The summed E-state index contributed by atoms with van der Waals surface area (Å²) in [5, 5.41) is 6.77. The van der Waals surface area contributed by atoms with E-state index in [1.54, 1.807) is 0 Å². The van der Waals surface area contributed by atoms with Gasteiger partial charge in [-0.05, 0) is 83.9 Å². The Labute approximate surface area is 326 Å². The molecule has 5 heteroatoms. The van der Waals surface area contributed by atoms with Crippen LogP contribution in [0.4, 0.5) is 0 Å². The molecule has 0 unspecified atom stereocenters. The first-order chi connectivity index (χ1) is 28.2. The van der Waals surface area contributed by atoms with Crippen molar-refractivity contribution in [3.05, 3.63) is 188 Å². The lowest BCUT2D eigenvalue weighted by Crippen LogP contribution is -1.98. The molecule has 0 saturated heterocycles. The van der Waals surface area contributed by atoms with Gasteiger partial charge in [-0.1, -0.05) is 115 Å². The van der Waals surface area contributed by atoms with Gasteiger partial charge in [0.05, 0.1) is 22.4 Å². The first-order valence-electron chi connectivity index (χ1n) is 19.1. The molecule has 0 aliphatic carbocycles. The highest BCUT2D eigenvalue weighted by Crippen LogP contribution is 2.42. The van der Waals surface area contributed by atoms with Crippen LogP contribution < -0.4 is 0 Å². The normalized spacial score (nSPS) is 11.9. The fourth-order valence-electron chi connectivity index (χ4n) is 8.58. The van der Waals surface area contributed by atoms with Crippen molar-refractivity contribution in [1.82, 2.24) is 14.5 Å². The third kappa shape index (κ3) is 5.03. The molecule has 12 rings (SSSR count). The summed E-state index contributed by atoms with van der Waals surface area (Å²) in [7, 11) is 0. The Hall–Kier alpha value is -7.76. The molecule has 4 heterocycles. The van der Waals surface area contributed by atoms with Crippen molar-refractivity contribution >= 4 is 65.7 Å². The minimum Gasteiger partial charge on any atom is -0.456 e. The Balaban J connectivity index is 1.07. The van der Waals surface area contributed by atoms with Crippen LogP contribution in [0.1, 0.15) is 0 Å². The Kier molecular flexibility index (Phi) is 6.86. The third-order valence-electron chi connectivity index (χ3n) is 11.2. The van der Waals surface area contributed by atoms with Gasteiger partial charge in [0.15, 0.2) is 5.82 Å². The molecule has 0 aliphatic rings. The minimum absolute atomic E-state index is 0.661. The molecule has 0 amide bonds. The second-order valence-electron chi connectivity index (χ2n) is 14.6. The summed E-state index contributed by atoms with van der Waals surface area (Å²) >= 11 is 0. The Morgan fingerprint density at radius 1 is 0.333 bits per heavy atom. The topological polar surface area (TPSA) is 57.0 Å². The number of para-hydroxylation sites is 3. The molecule has 0 fully saturated rings. The van der Waals surface area contributed by atoms with Gasteiger partial charge in [0.1, 0.15) is 22.3 Å². The molecule has 12 aromatic rings. The molecular weight excluding hydrogens is 699 g/mol. The van der Waals surface area contributed by atoms with Crippen LogP contribution in [0.25, 0.3) is 116 Å². The van der Waals surface area contributed by atoms with E-state index in [2.05, 4.69) is 156 Å². The average molecular weight is 730 g/mol. The summed E-state index contributed by atoms with van der Waals surface area (Å²) in [5.74, 6) is 0.661. The van der Waals surface area contributed by atoms with E-state index in [1.807, 2.05) is 36.4 Å². The van der Waals surface area contributed by atoms with Crippen molar-refractivity contribution in [1.29, 1.82) is 0 Å². The molecule has 8 aromatic carbocycles. The molecule has 0 bridgehead atoms. The van der Waals surface area contributed by atoms with Crippen LogP contribution in [0.5, 0.6) is 0 Å². The quantitative estimate of drug-likeness (QED) is 0.177. The standard InChI is InChI=1S/C52H31N3O2/c1-2-12-32(13-3-1)33-14-10-16-36(28-33)52-53-42(31-43(54-52)35-24-26-48-41(30-35)38-18-5-8-22-46(38)56-48)34-15-11-17-37(29-34)55-44-21-7-4-19-39(44)50-45(55)25-27-49-51(50)40-20-6-9-23-47(40)57-49/h1-31H. The molecule has 57 heavy (non-hydrogen) atoms. The summed E-state index contributed by atoms with van der Waals surface area (Å²) in [6, 6.07) is 65.5. The van der Waals surface area contributed by atoms with Gasteiger partial charge >= 0.3 is 0 Å². The van der Waals surface area contributed by atoms with Gasteiger partial charge in [0.25, 0.3) is 0 Å². The van der Waals surface area contributed by atoms with Gasteiger partial charge in [-0.25, -0.2) is 9.97 Å². The van der Waals surface area contributed by atoms with E-state index in [-0.39, 0.29) is 0 Å². The van der Waals surface area contributed by atoms with Crippen LogP contribution in [-0.2, 0) is 0 Å². The van der Waals surface area contributed by atoms with Crippen LogP contribution in [0.2, 0.25) is 0 Å². The number of hydrogen-bond acceptors (Lipinski definition) is 4. The largest absolute Gasteiger partial charge is 0.456 e. The molecule has 266 valence electrons. The number of nitrogens with zero attached hydrogens (tertiary/aromatic N) is 3. The predicted octanol–water partition coefficient (Wildman–Crippen LogP) is 14.0. The predicted molar refractivity (Wildman–Crippen MR) is 233 cm³/mol. The molecule has 0 spiro atoms. The van der Waals surface area contributed by atoms with E-state index in [9.17, 15) is 0 Å². The summed E-state index contributed by atoms with van der Waals surface area (Å²) in [4.78, 5) is 10.6. The van der Waals surface area contributed by atoms with Gasteiger partial charge in [-0.2, -0.15) is 0 Å². The smallest absolute Gasteiger partial charge is 0.160 e. The molecule has 0 saturated carbocycles. The number of aromatic nitrogens is 3. The van der Waals surface area contributed by atoms with Crippen molar-refractivity contribution < 1.29 is 8.83 Å². The number of fused-ring (bicyclic) bond motifs is 10. The second-order valence-corrected chi connectivity index (χ2v) is 14.6. The number of rotatable bonds is 5. The molecule has 0 aliphatic heterocycles. The van der Waals surface area contributed by atoms with Crippen LogP contribution in [0.15, 0.2) is 197 Å². The lowest BCUT2D eigenvalue weighted by molar-refractivity contribution is 0.668. The van der Waals surface area contributed by atoms with E-state index in [0.717, 1.165) is 99.8 Å². The highest BCUT2D eigenvalue weighted by molar-refractivity contribution is 6.27. The Morgan fingerprint density at radius 2 is 0.947 bits per heavy atom. The zero-order valence-corrected chi connectivity index (χ0v) is 30.6.